The molecule has 0 unspecified atom stereocenters. The number of ether oxygens (including phenoxy) is 4. The van der Waals surface area contributed by atoms with Gasteiger partial charge in [0, 0.05) is 6.07 Å². The maximum absolute atomic E-state index is 12.3. The van der Waals surface area contributed by atoms with E-state index in [2.05, 4.69) is 5.32 Å². The first-order chi connectivity index (χ1) is 13.4. The van der Waals surface area contributed by atoms with Gasteiger partial charge in [-0.15, -0.1) is 0 Å². The number of hydrogen-bond donors (Lipinski definition) is 1. The SMILES string of the molecule is COc1cc([N+](=O)[O-])ccc1NC(=O)[C@@H](C)OC(=O)c1ccc2c(c1)OCO2. The smallest absolute Gasteiger partial charge is 0.339 e. The normalized spacial score (nSPS) is 12.8. The lowest BCUT2D eigenvalue weighted by atomic mass is 10.2. The summed E-state index contributed by atoms with van der Waals surface area (Å²) in [6, 6.07) is 8.28. The van der Waals surface area contributed by atoms with E-state index in [-0.39, 0.29) is 29.5 Å². The van der Waals surface area contributed by atoms with Crippen LogP contribution in [0.3, 0.4) is 0 Å². The monoisotopic (exact) mass is 388 g/mol. The van der Waals surface area contributed by atoms with Gasteiger partial charge in [-0.2, -0.15) is 0 Å². The quantitative estimate of drug-likeness (QED) is 0.454. The van der Waals surface area contributed by atoms with Crippen LogP contribution in [0.15, 0.2) is 36.4 Å². The van der Waals surface area contributed by atoms with Gasteiger partial charge >= 0.3 is 5.97 Å². The number of carbonyl (C=O) groups excluding carboxylic acids is 2. The van der Waals surface area contributed by atoms with Gasteiger partial charge in [0.25, 0.3) is 11.6 Å². The maximum atomic E-state index is 12.3. The van der Waals surface area contributed by atoms with Crippen LogP contribution in [-0.4, -0.2) is 36.8 Å². The number of fused-ring (bicyclic) bond motifs is 1. The molecule has 0 saturated heterocycles. The first-order valence-electron chi connectivity index (χ1n) is 8.13. The number of nitrogens with one attached hydrogen (secondary N) is 1. The molecule has 1 amide bonds. The Balaban J connectivity index is 1.66. The van der Waals surface area contributed by atoms with Crippen molar-refractivity contribution >= 4 is 23.3 Å². The van der Waals surface area contributed by atoms with Crippen molar-refractivity contribution in [3.8, 4) is 17.2 Å². The second-order valence-electron chi connectivity index (χ2n) is 5.75. The molecular formula is C18H16N2O8. The van der Waals surface area contributed by atoms with E-state index in [1.165, 1.54) is 44.4 Å². The molecule has 1 aliphatic rings. The van der Waals surface area contributed by atoms with E-state index in [0.29, 0.717) is 11.5 Å². The minimum atomic E-state index is -1.13. The number of anilines is 1. The number of nitro benzene ring substituents is 1. The summed E-state index contributed by atoms with van der Waals surface area (Å²) >= 11 is 0. The van der Waals surface area contributed by atoms with Crippen molar-refractivity contribution in [1.82, 2.24) is 0 Å². The van der Waals surface area contributed by atoms with E-state index >= 15 is 0 Å². The van der Waals surface area contributed by atoms with Gasteiger partial charge in [0.1, 0.15) is 5.75 Å². The van der Waals surface area contributed by atoms with E-state index in [9.17, 15) is 19.7 Å². The van der Waals surface area contributed by atoms with Crippen molar-refractivity contribution in [3.63, 3.8) is 0 Å². The third-order valence-corrected chi connectivity index (χ3v) is 3.92. The summed E-state index contributed by atoms with van der Waals surface area (Å²) in [4.78, 5) is 34.8. The van der Waals surface area contributed by atoms with Gasteiger partial charge in [-0.3, -0.25) is 14.9 Å². The maximum Gasteiger partial charge on any atom is 0.339 e. The highest BCUT2D eigenvalue weighted by atomic mass is 16.7. The number of nitro groups is 1. The number of benzene rings is 2. The van der Waals surface area contributed by atoms with Crippen molar-refractivity contribution in [2.24, 2.45) is 0 Å². The van der Waals surface area contributed by atoms with Crippen LogP contribution >= 0.6 is 0 Å². The van der Waals surface area contributed by atoms with Gasteiger partial charge in [-0.25, -0.2) is 4.79 Å². The van der Waals surface area contributed by atoms with E-state index < -0.39 is 22.9 Å². The Morgan fingerprint density at radius 1 is 1.18 bits per heavy atom. The molecule has 1 heterocycles. The van der Waals surface area contributed by atoms with Gasteiger partial charge in [-0.1, -0.05) is 0 Å². The van der Waals surface area contributed by atoms with Crippen LogP contribution in [0.5, 0.6) is 17.2 Å². The Hall–Kier alpha value is -3.82. The second-order valence-corrected chi connectivity index (χ2v) is 5.75. The average molecular weight is 388 g/mol. The van der Waals surface area contributed by atoms with Crippen LogP contribution in [0, 0.1) is 10.1 Å². The Kier molecular flexibility index (Phi) is 5.30. The molecule has 0 saturated carbocycles. The van der Waals surface area contributed by atoms with Crippen molar-refractivity contribution in [2.45, 2.75) is 13.0 Å². The largest absolute Gasteiger partial charge is 0.494 e. The Bertz CT molecular complexity index is 943. The number of non-ortho nitro benzene ring substituents is 1. The first-order valence-corrected chi connectivity index (χ1v) is 8.13. The number of hydrogen-bond acceptors (Lipinski definition) is 8. The lowest BCUT2D eigenvalue weighted by Gasteiger charge is -2.15. The number of esters is 1. The zero-order valence-corrected chi connectivity index (χ0v) is 15.0. The molecule has 0 aromatic heterocycles. The molecule has 1 N–H and O–H groups in total. The number of nitrogens with zero attached hydrogens (tertiary/aromatic N) is 1. The third kappa shape index (κ3) is 3.95. The van der Waals surface area contributed by atoms with Crippen molar-refractivity contribution in [2.75, 3.05) is 19.2 Å². The summed E-state index contributed by atoms with van der Waals surface area (Å²) in [7, 11) is 1.32. The molecule has 0 aliphatic carbocycles. The van der Waals surface area contributed by atoms with E-state index in [1.54, 1.807) is 6.07 Å². The highest BCUT2D eigenvalue weighted by Crippen LogP contribution is 2.33. The van der Waals surface area contributed by atoms with E-state index in [4.69, 9.17) is 18.9 Å². The van der Waals surface area contributed by atoms with Crippen LogP contribution in [0.2, 0.25) is 0 Å². The van der Waals surface area contributed by atoms with Gasteiger partial charge < -0.3 is 24.3 Å². The molecule has 1 atom stereocenters. The van der Waals surface area contributed by atoms with Crippen molar-refractivity contribution in [3.05, 3.63) is 52.1 Å². The molecule has 10 nitrogen and oxygen atoms in total. The summed E-state index contributed by atoms with van der Waals surface area (Å²) in [6.45, 7) is 1.47. The minimum absolute atomic E-state index is 0.0731. The Labute approximate surface area is 159 Å². The summed E-state index contributed by atoms with van der Waals surface area (Å²) in [5.41, 5.74) is 0.234. The summed E-state index contributed by atoms with van der Waals surface area (Å²) in [5, 5.41) is 13.3. The fourth-order valence-electron chi connectivity index (χ4n) is 2.44. The molecule has 2 aromatic carbocycles. The Morgan fingerprint density at radius 2 is 1.93 bits per heavy atom. The van der Waals surface area contributed by atoms with Gasteiger partial charge in [0.15, 0.2) is 17.6 Å². The fraction of sp³-hybridized carbons (Fsp3) is 0.222. The molecule has 10 heteroatoms. The fourth-order valence-corrected chi connectivity index (χ4v) is 2.44. The topological polar surface area (TPSA) is 126 Å². The second kappa shape index (κ2) is 7.82. The number of carbonyl (C=O) groups is 2. The third-order valence-electron chi connectivity index (χ3n) is 3.92. The lowest BCUT2D eigenvalue weighted by molar-refractivity contribution is -0.384. The number of methoxy groups -OCH3 is 1. The van der Waals surface area contributed by atoms with Crippen molar-refractivity contribution in [1.29, 1.82) is 0 Å². The van der Waals surface area contributed by atoms with Crippen molar-refractivity contribution < 1.29 is 33.5 Å². The summed E-state index contributed by atoms with van der Waals surface area (Å²) < 4.78 is 20.6. The summed E-state index contributed by atoms with van der Waals surface area (Å²) in [6.07, 6.45) is -1.13. The van der Waals surface area contributed by atoms with Crippen LogP contribution in [0.1, 0.15) is 17.3 Å². The highest BCUT2D eigenvalue weighted by molar-refractivity contribution is 5.98. The molecule has 0 fully saturated rings. The molecule has 1 aliphatic heterocycles. The van der Waals surface area contributed by atoms with Crippen LogP contribution in [-0.2, 0) is 9.53 Å². The van der Waals surface area contributed by atoms with E-state index in [1.807, 2.05) is 0 Å². The van der Waals surface area contributed by atoms with Crippen LogP contribution < -0.4 is 19.5 Å². The predicted octanol–water partition coefficient (Wildman–Crippen LogP) is 2.52. The molecule has 0 bridgehead atoms. The molecular weight excluding hydrogens is 372 g/mol. The Morgan fingerprint density at radius 3 is 2.64 bits per heavy atom. The van der Waals surface area contributed by atoms with Crippen LogP contribution in [0.25, 0.3) is 0 Å². The molecule has 146 valence electrons. The first kappa shape index (κ1) is 19.0. The van der Waals surface area contributed by atoms with Gasteiger partial charge in [-0.05, 0) is 31.2 Å². The zero-order valence-electron chi connectivity index (χ0n) is 15.0. The van der Waals surface area contributed by atoms with Crippen LogP contribution in [0.4, 0.5) is 11.4 Å². The number of amides is 1. The molecule has 0 radical (unpaired) electrons. The summed E-state index contributed by atoms with van der Waals surface area (Å²) in [5.74, 6) is -0.288. The highest BCUT2D eigenvalue weighted by Gasteiger charge is 2.23. The lowest BCUT2D eigenvalue weighted by Crippen LogP contribution is -2.30. The molecule has 0 spiro atoms. The zero-order chi connectivity index (χ0) is 20.3. The average Bonchev–Trinajstić information content (AvgIpc) is 3.15. The molecule has 28 heavy (non-hydrogen) atoms. The molecule has 2 aromatic rings. The van der Waals surface area contributed by atoms with E-state index in [0.717, 1.165) is 0 Å². The van der Waals surface area contributed by atoms with Gasteiger partial charge in [0.2, 0.25) is 6.79 Å². The van der Waals surface area contributed by atoms with Gasteiger partial charge in [0.05, 0.1) is 29.4 Å². The minimum Gasteiger partial charge on any atom is -0.494 e. The standard InChI is InChI=1S/C18H16N2O8/c1-10(28-18(22)11-3-6-14-16(7-11)27-9-26-14)17(21)19-13-5-4-12(20(23)24)8-15(13)25-2/h3-8,10H,9H2,1-2H3,(H,19,21)/t10-/m1/s1. The predicted molar refractivity (Wildman–Crippen MR) is 95.7 cm³/mol. The molecule has 3 rings (SSSR count). The number of rotatable bonds is 6.